The maximum atomic E-state index is 12.9. The molecule has 0 fully saturated rings. The van der Waals surface area contributed by atoms with Gasteiger partial charge < -0.3 is 11.2 Å². The van der Waals surface area contributed by atoms with E-state index < -0.39 is 0 Å². The number of carbonyl (C=O) groups excluding carboxylic acids is 1. The second-order valence-electron chi connectivity index (χ2n) is 6.56. The Labute approximate surface area is 145 Å². The Morgan fingerprint density at radius 1 is 1.33 bits per heavy atom. The van der Waals surface area contributed by atoms with Crippen molar-refractivity contribution in [2.24, 2.45) is 0 Å². The number of hydrogen-bond acceptors (Lipinski definition) is 5. The number of thioether (sulfide) groups is 1. The largest absolute Gasteiger partial charge is 0.349 e. The minimum absolute atomic E-state index is 0.155. The average Bonchev–Trinajstić information content (AvgIpc) is 2.86. The van der Waals surface area contributed by atoms with Crippen LogP contribution in [-0.2, 0) is 10.2 Å². The summed E-state index contributed by atoms with van der Waals surface area (Å²) < 4.78 is 14.3. The van der Waals surface area contributed by atoms with Gasteiger partial charge in [-0.05, 0) is 24.6 Å². The summed E-state index contributed by atoms with van der Waals surface area (Å²) in [5.74, 6) is 6.36. The van der Waals surface area contributed by atoms with Gasteiger partial charge >= 0.3 is 0 Å². The molecule has 0 spiro atoms. The Hall–Kier alpha value is -2.09. The SMILES string of the molecule is CC(NC(=O)CSc1nnc(C(C)(C)C)n1N)c1ccc(F)cc1. The van der Waals surface area contributed by atoms with Crippen LogP contribution in [0.3, 0.4) is 0 Å². The molecular weight excluding hydrogens is 329 g/mol. The van der Waals surface area contributed by atoms with Crippen LogP contribution in [0.1, 0.15) is 45.1 Å². The number of nitrogens with one attached hydrogen (secondary N) is 1. The molecule has 1 atom stereocenters. The van der Waals surface area contributed by atoms with Crippen molar-refractivity contribution in [3.63, 3.8) is 0 Å². The van der Waals surface area contributed by atoms with Crippen molar-refractivity contribution in [3.05, 3.63) is 41.5 Å². The Kier molecular flexibility index (Phi) is 5.48. The lowest BCUT2D eigenvalue weighted by molar-refractivity contribution is -0.119. The maximum Gasteiger partial charge on any atom is 0.230 e. The molecule has 1 aromatic heterocycles. The van der Waals surface area contributed by atoms with Gasteiger partial charge in [-0.25, -0.2) is 9.07 Å². The normalized spacial score (nSPS) is 12.9. The quantitative estimate of drug-likeness (QED) is 0.638. The molecule has 0 aliphatic carbocycles. The molecule has 3 N–H and O–H groups in total. The van der Waals surface area contributed by atoms with E-state index in [1.165, 1.54) is 28.6 Å². The van der Waals surface area contributed by atoms with Crippen molar-refractivity contribution in [2.45, 2.75) is 44.3 Å². The van der Waals surface area contributed by atoms with Crippen molar-refractivity contribution < 1.29 is 9.18 Å². The summed E-state index contributed by atoms with van der Waals surface area (Å²) in [6.45, 7) is 7.82. The molecule has 6 nitrogen and oxygen atoms in total. The van der Waals surface area contributed by atoms with Crippen LogP contribution in [0.5, 0.6) is 0 Å². The number of carbonyl (C=O) groups is 1. The number of aromatic nitrogens is 3. The van der Waals surface area contributed by atoms with Crippen LogP contribution in [0.2, 0.25) is 0 Å². The topological polar surface area (TPSA) is 85.8 Å². The number of hydrogen-bond donors (Lipinski definition) is 2. The van der Waals surface area contributed by atoms with Crippen molar-refractivity contribution >= 4 is 17.7 Å². The number of nitrogens with zero attached hydrogens (tertiary/aromatic N) is 3. The fourth-order valence-electron chi connectivity index (χ4n) is 2.13. The van der Waals surface area contributed by atoms with Gasteiger partial charge in [-0.1, -0.05) is 44.7 Å². The minimum atomic E-state index is -0.301. The molecule has 0 aliphatic rings. The van der Waals surface area contributed by atoms with Gasteiger partial charge in [0.05, 0.1) is 11.8 Å². The number of nitrogens with two attached hydrogens (primary N) is 1. The maximum absolute atomic E-state index is 12.9. The summed E-state index contributed by atoms with van der Waals surface area (Å²) in [6, 6.07) is 5.84. The molecule has 0 aliphatic heterocycles. The Bertz CT molecular complexity index is 708. The van der Waals surface area contributed by atoms with E-state index in [4.69, 9.17) is 5.84 Å². The Balaban J connectivity index is 1.92. The lowest BCUT2D eigenvalue weighted by atomic mass is 9.96. The van der Waals surface area contributed by atoms with E-state index >= 15 is 0 Å². The van der Waals surface area contributed by atoms with Crippen LogP contribution in [-0.4, -0.2) is 26.5 Å². The zero-order valence-electron chi connectivity index (χ0n) is 14.2. The molecule has 1 amide bonds. The highest BCUT2D eigenvalue weighted by Gasteiger charge is 2.23. The van der Waals surface area contributed by atoms with Crippen molar-refractivity contribution in [1.29, 1.82) is 0 Å². The van der Waals surface area contributed by atoms with Gasteiger partial charge in [-0.15, -0.1) is 10.2 Å². The second kappa shape index (κ2) is 7.21. The fraction of sp³-hybridized carbons (Fsp3) is 0.438. The molecule has 130 valence electrons. The summed E-state index contributed by atoms with van der Waals surface area (Å²) >= 11 is 1.22. The number of rotatable bonds is 5. The van der Waals surface area contributed by atoms with Crippen LogP contribution in [0.4, 0.5) is 4.39 Å². The first kappa shape index (κ1) is 18.3. The van der Waals surface area contributed by atoms with Gasteiger partial charge in [0.15, 0.2) is 5.82 Å². The summed E-state index contributed by atoms with van der Waals surface area (Å²) in [4.78, 5) is 12.1. The zero-order valence-corrected chi connectivity index (χ0v) is 15.0. The van der Waals surface area contributed by atoms with Crippen LogP contribution in [0, 0.1) is 5.82 Å². The molecule has 0 saturated heterocycles. The molecule has 0 radical (unpaired) electrons. The standard InChI is InChI=1S/C16H22FN5OS/c1-10(11-5-7-12(17)8-6-11)19-13(23)9-24-15-21-20-14(22(15)18)16(2,3)4/h5-8,10H,9,18H2,1-4H3,(H,19,23). The summed E-state index contributed by atoms with van der Waals surface area (Å²) in [5, 5.41) is 11.5. The molecule has 8 heteroatoms. The van der Waals surface area contributed by atoms with E-state index in [2.05, 4.69) is 15.5 Å². The van der Waals surface area contributed by atoms with E-state index in [-0.39, 0.29) is 28.9 Å². The third kappa shape index (κ3) is 4.47. The van der Waals surface area contributed by atoms with Crippen LogP contribution < -0.4 is 11.2 Å². The molecule has 1 aromatic carbocycles. The molecular formula is C16H22FN5OS. The number of nitrogen functional groups attached to an aromatic ring is 1. The van der Waals surface area contributed by atoms with E-state index in [9.17, 15) is 9.18 Å². The predicted molar refractivity (Wildman–Crippen MR) is 92.6 cm³/mol. The van der Waals surface area contributed by atoms with Gasteiger partial charge in [-0.2, -0.15) is 0 Å². The fourth-order valence-corrected chi connectivity index (χ4v) is 2.80. The van der Waals surface area contributed by atoms with Crippen molar-refractivity contribution in [2.75, 3.05) is 11.6 Å². The molecule has 0 saturated carbocycles. The number of benzene rings is 1. The molecule has 1 heterocycles. The van der Waals surface area contributed by atoms with Gasteiger partial charge in [-0.3, -0.25) is 4.79 Å². The lowest BCUT2D eigenvalue weighted by Crippen LogP contribution is -2.28. The number of halogens is 1. The monoisotopic (exact) mass is 351 g/mol. The van der Waals surface area contributed by atoms with Crippen molar-refractivity contribution in [3.8, 4) is 0 Å². The molecule has 2 rings (SSSR count). The van der Waals surface area contributed by atoms with E-state index in [1.807, 2.05) is 27.7 Å². The lowest BCUT2D eigenvalue weighted by Gasteiger charge is -2.16. The highest BCUT2D eigenvalue weighted by molar-refractivity contribution is 7.99. The summed E-state index contributed by atoms with van der Waals surface area (Å²) in [6.07, 6.45) is 0. The van der Waals surface area contributed by atoms with Gasteiger partial charge in [0, 0.05) is 5.41 Å². The van der Waals surface area contributed by atoms with Crippen LogP contribution >= 0.6 is 11.8 Å². The first-order valence-corrected chi connectivity index (χ1v) is 8.55. The summed E-state index contributed by atoms with van der Waals surface area (Å²) in [5.41, 5.74) is 0.617. The zero-order chi connectivity index (χ0) is 17.9. The third-order valence-corrected chi connectivity index (χ3v) is 4.36. The summed E-state index contributed by atoms with van der Waals surface area (Å²) in [7, 11) is 0. The Morgan fingerprint density at radius 3 is 2.50 bits per heavy atom. The minimum Gasteiger partial charge on any atom is -0.349 e. The first-order chi connectivity index (χ1) is 11.2. The Morgan fingerprint density at radius 2 is 1.96 bits per heavy atom. The first-order valence-electron chi connectivity index (χ1n) is 7.57. The van der Waals surface area contributed by atoms with E-state index in [0.29, 0.717) is 11.0 Å². The van der Waals surface area contributed by atoms with E-state index in [1.54, 1.807) is 12.1 Å². The average molecular weight is 351 g/mol. The highest BCUT2D eigenvalue weighted by Crippen LogP contribution is 2.23. The van der Waals surface area contributed by atoms with Crippen molar-refractivity contribution in [1.82, 2.24) is 20.2 Å². The van der Waals surface area contributed by atoms with E-state index in [0.717, 1.165) is 5.56 Å². The highest BCUT2D eigenvalue weighted by atomic mass is 32.2. The number of amides is 1. The molecule has 0 bridgehead atoms. The van der Waals surface area contributed by atoms with Gasteiger partial charge in [0.1, 0.15) is 5.82 Å². The predicted octanol–water partition coefficient (Wildman–Crippen LogP) is 2.40. The van der Waals surface area contributed by atoms with Crippen LogP contribution in [0.15, 0.2) is 29.4 Å². The smallest absolute Gasteiger partial charge is 0.230 e. The molecule has 24 heavy (non-hydrogen) atoms. The molecule has 1 unspecified atom stereocenters. The van der Waals surface area contributed by atoms with Gasteiger partial charge in [0.2, 0.25) is 11.1 Å². The van der Waals surface area contributed by atoms with Gasteiger partial charge in [0.25, 0.3) is 0 Å². The second-order valence-corrected chi connectivity index (χ2v) is 7.50. The van der Waals surface area contributed by atoms with Crippen LogP contribution in [0.25, 0.3) is 0 Å². The molecule has 2 aromatic rings. The third-order valence-electron chi connectivity index (χ3n) is 3.42.